The molecule has 1 atom stereocenters. The van der Waals surface area contributed by atoms with Crippen molar-refractivity contribution >= 4 is 23.5 Å². The third kappa shape index (κ3) is 3.54. The maximum absolute atomic E-state index is 12.3. The smallest absolute Gasteiger partial charge is 0.281 e. The summed E-state index contributed by atoms with van der Waals surface area (Å²) in [6.45, 7) is 3.38. The monoisotopic (exact) mass is 356 g/mol. The van der Waals surface area contributed by atoms with Crippen LogP contribution in [0.1, 0.15) is 39.0 Å². The number of carbonyl (C=O) groups is 1. The zero-order valence-electron chi connectivity index (χ0n) is 14.1. The van der Waals surface area contributed by atoms with Crippen molar-refractivity contribution in [2.75, 3.05) is 13.2 Å². The van der Waals surface area contributed by atoms with Gasteiger partial charge in [0.05, 0.1) is 11.1 Å². The van der Waals surface area contributed by atoms with Gasteiger partial charge in [-0.05, 0) is 60.6 Å². The molecule has 2 aliphatic rings. The van der Waals surface area contributed by atoms with Gasteiger partial charge in [-0.15, -0.1) is 11.3 Å². The molecule has 25 heavy (non-hydrogen) atoms. The summed E-state index contributed by atoms with van der Waals surface area (Å²) < 4.78 is 11.0. The molecule has 6 heteroatoms. The van der Waals surface area contributed by atoms with Gasteiger partial charge in [0.2, 0.25) is 0 Å². The van der Waals surface area contributed by atoms with E-state index in [4.69, 9.17) is 9.47 Å². The van der Waals surface area contributed by atoms with Crippen LogP contribution in [0.25, 0.3) is 0 Å². The zero-order chi connectivity index (χ0) is 17.2. The van der Waals surface area contributed by atoms with Crippen LogP contribution >= 0.6 is 11.3 Å². The Morgan fingerprint density at radius 2 is 2.12 bits per heavy atom. The predicted octanol–water partition coefficient (Wildman–Crippen LogP) is 3.41. The minimum absolute atomic E-state index is 0.152. The van der Waals surface area contributed by atoms with Crippen molar-refractivity contribution < 1.29 is 14.3 Å². The molecule has 4 rings (SSSR count). The highest BCUT2D eigenvalue weighted by atomic mass is 32.1. The first-order chi connectivity index (χ1) is 12.2. The standard InChI is InChI=1S/C19H20N2O3S/c1-12-2-5-17-14(8-12)10-18(25-17)19(22)21-20-11-13-3-4-15-16(9-13)24-7-6-23-15/h3-4,9-12H,2,5-8H2,1H3,(H,21,22)/b20-11-/t12-/m0/s1. The van der Waals surface area contributed by atoms with Crippen molar-refractivity contribution in [3.05, 3.63) is 45.1 Å². The largest absolute Gasteiger partial charge is 0.486 e. The number of carbonyl (C=O) groups excluding carboxylic acids is 1. The predicted molar refractivity (Wildman–Crippen MR) is 98.0 cm³/mol. The number of hydrogen-bond acceptors (Lipinski definition) is 5. The van der Waals surface area contributed by atoms with Crippen LogP contribution in [-0.4, -0.2) is 25.3 Å². The molecule has 1 aliphatic carbocycles. The van der Waals surface area contributed by atoms with Gasteiger partial charge >= 0.3 is 0 Å². The summed E-state index contributed by atoms with van der Waals surface area (Å²) >= 11 is 1.59. The van der Waals surface area contributed by atoms with E-state index in [-0.39, 0.29) is 5.91 Å². The van der Waals surface area contributed by atoms with Gasteiger partial charge in [-0.25, -0.2) is 5.43 Å². The van der Waals surface area contributed by atoms with E-state index in [9.17, 15) is 4.79 Å². The molecule has 1 aromatic carbocycles. The molecule has 2 heterocycles. The minimum Gasteiger partial charge on any atom is -0.486 e. The van der Waals surface area contributed by atoms with Gasteiger partial charge < -0.3 is 9.47 Å². The minimum atomic E-state index is -0.152. The quantitative estimate of drug-likeness (QED) is 0.677. The maximum Gasteiger partial charge on any atom is 0.281 e. The van der Waals surface area contributed by atoms with Crippen molar-refractivity contribution in [1.82, 2.24) is 5.43 Å². The van der Waals surface area contributed by atoms with Crippen LogP contribution in [0.3, 0.4) is 0 Å². The van der Waals surface area contributed by atoms with E-state index in [0.29, 0.717) is 24.9 Å². The molecular weight excluding hydrogens is 336 g/mol. The molecule has 0 saturated carbocycles. The number of rotatable bonds is 3. The Morgan fingerprint density at radius 3 is 3.00 bits per heavy atom. The number of nitrogens with one attached hydrogen (secondary N) is 1. The van der Waals surface area contributed by atoms with Crippen LogP contribution in [0.15, 0.2) is 29.4 Å². The molecule has 1 amide bonds. The van der Waals surface area contributed by atoms with Crippen molar-refractivity contribution in [2.24, 2.45) is 11.0 Å². The number of ether oxygens (including phenoxy) is 2. The number of benzene rings is 1. The second-order valence-electron chi connectivity index (χ2n) is 6.51. The van der Waals surface area contributed by atoms with Crippen LogP contribution in [0.2, 0.25) is 0 Å². The maximum atomic E-state index is 12.3. The molecule has 1 aliphatic heterocycles. The fraction of sp³-hybridized carbons (Fsp3) is 0.368. The lowest BCUT2D eigenvalue weighted by Gasteiger charge is -2.18. The number of fused-ring (bicyclic) bond motifs is 2. The number of hydrogen-bond donors (Lipinski definition) is 1. The Balaban J connectivity index is 1.41. The average Bonchev–Trinajstić information content (AvgIpc) is 3.05. The van der Waals surface area contributed by atoms with E-state index in [1.807, 2.05) is 24.3 Å². The molecule has 1 N–H and O–H groups in total. The van der Waals surface area contributed by atoms with E-state index in [2.05, 4.69) is 17.5 Å². The molecule has 0 radical (unpaired) electrons. The van der Waals surface area contributed by atoms with Crippen LogP contribution in [0.4, 0.5) is 0 Å². The van der Waals surface area contributed by atoms with Gasteiger partial charge in [0.15, 0.2) is 11.5 Å². The molecular formula is C19H20N2O3S. The molecule has 2 aromatic rings. The van der Waals surface area contributed by atoms with Gasteiger partial charge in [-0.2, -0.15) is 5.10 Å². The molecule has 5 nitrogen and oxygen atoms in total. The summed E-state index contributed by atoms with van der Waals surface area (Å²) in [4.78, 5) is 14.4. The fourth-order valence-electron chi connectivity index (χ4n) is 3.18. The first-order valence-electron chi connectivity index (χ1n) is 8.53. The van der Waals surface area contributed by atoms with E-state index in [1.165, 1.54) is 16.9 Å². The zero-order valence-corrected chi connectivity index (χ0v) is 14.9. The Morgan fingerprint density at radius 1 is 1.28 bits per heavy atom. The molecule has 130 valence electrons. The fourth-order valence-corrected chi connectivity index (χ4v) is 4.28. The van der Waals surface area contributed by atoms with Gasteiger partial charge in [0.25, 0.3) is 5.91 Å². The topological polar surface area (TPSA) is 59.9 Å². The van der Waals surface area contributed by atoms with Crippen LogP contribution in [-0.2, 0) is 12.8 Å². The number of amides is 1. The van der Waals surface area contributed by atoms with Crippen molar-refractivity contribution in [3.8, 4) is 11.5 Å². The summed E-state index contributed by atoms with van der Waals surface area (Å²) in [7, 11) is 0. The van der Waals surface area contributed by atoms with Crippen LogP contribution in [0.5, 0.6) is 11.5 Å². The van der Waals surface area contributed by atoms with Gasteiger partial charge in [0, 0.05) is 4.88 Å². The lowest BCUT2D eigenvalue weighted by Crippen LogP contribution is -2.16. The van der Waals surface area contributed by atoms with Crippen molar-refractivity contribution in [2.45, 2.75) is 26.2 Å². The molecule has 0 unspecified atom stereocenters. The average molecular weight is 356 g/mol. The number of aryl methyl sites for hydroxylation is 1. The first-order valence-corrected chi connectivity index (χ1v) is 9.35. The van der Waals surface area contributed by atoms with Crippen LogP contribution < -0.4 is 14.9 Å². The Bertz CT molecular complexity index is 828. The lowest BCUT2D eigenvalue weighted by atomic mass is 9.90. The second kappa shape index (κ2) is 6.88. The number of thiophene rings is 1. The first kappa shape index (κ1) is 16.1. The summed E-state index contributed by atoms with van der Waals surface area (Å²) in [5.41, 5.74) is 4.79. The van der Waals surface area contributed by atoms with E-state index in [0.717, 1.165) is 29.0 Å². The SMILES string of the molecule is C[C@H]1CCc2sc(C(=O)N/N=C\c3ccc4c(c3)OCCO4)cc2C1. The Labute approximate surface area is 150 Å². The van der Waals surface area contributed by atoms with Gasteiger partial charge in [-0.1, -0.05) is 6.92 Å². The number of nitrogens with zero attached hydrogens (tertiary/aromatic N) is 1. The Hall–Kier alpha value is -2.34. The Kier molecular flexibility index (Phi) is 4.44. The summed E-state index contributed by atoms with van der Waals surface area (Å²) in [6, 6.07) is 7.61. The molecule has 0 fully saturated rings. The summed E-state index contributed by atoms with van der Waals surface area (Å²) in [6.07, 6.45) is 4.97. The normalized spacial score (nSPS) is 18.8. The highest BCUT2D eigenvalue weighted by molar-refractivity contribution is 7.14. The van der Waals surface area contributed by atoms with Crippen LogP contribution in [0, 0.1) is 5.92 Å². The summed E-state index contributed by atoms with van der Waals surface area (Å²) in [5, 5.41) is 4.07. The van der Waals surface area contributed by atoms with Crippen molar-refractivity contribution in [3.63, 3.8) is 0 Å². The van der Waals surface area contributed by atoms with E-state index in [1.54, 1.807) is 17.6 Å². The number of hydrazone groups is 1. The highest BCUT2D eigenvalue weighted by Gasteiger charge is 2.20. The third-order valence-corrected chi connectivity index (χ3v) is 5.73. The second-order valence-corrected chi connectivity index (χ2v) is 7.65. The van der Waals surface area contributed by atoms with E-state index < -0.39 is 0 Å². The molecule has 0 saturated heterocycles. The molecule has 1 aromatic heterocycles. The third-order valence-electron chi connectivity index (χ3n) is 4.50. The molecule has 0 spiro atoms. The lowest BCUT2D eigenvalue weighted by molar-refractivity contribution is 0.0959. The summed E-state index contributed by atoms with van der Waals surface area (Å²) in [5.74, 6) is 2.00. The highest BCUT2D eigenvalue weighted by Crippen LogP contribution is 2.32. The molecule has 0 bridgehead atoms. The van der Waals surface area contributed by atoms with E-state index >= 15 is 0 Å². The van der Waals surface area contributed by atoms with Gasteiger partial charge in [-0.3, -0.25) is 4.79 Å². The van der Waals surface area contributed by atoms with Gasteiger partial charge in [0.1, 0.15) is 13.2 Å². The van der Waals surface area contributed by atoms with Crippen molar-refractivity contribution in [1.29, 1.82) is 0 Å².